The minimum atomic E-state index is -4.91. The molecule has 0 unspecified atom stereocenters. The van der Waals surface area contributed by atoms with E-state index < -0.39 is 7.91 Å². The Morgan fingerprint density at radius 1 is 1.33 bits per heavy atom. The predicted octanol–water partition coefficient (Wildman–Crippen LogP) is 1.06. The van der Waals surface area contributed by atoms with Crippen LogP contribution >= 0.6 is 7.91 Å². The van der Waals surface area contributed by atoms with E-state index in [9.17, 15) is 8.76 Å². The number of halogens is 1. The van der Waals surface area contributed by atoms with E-state index in [-0.39, 0.29) is 0 Å². The Kier molecular flexibility index (Phi) is 2.50. The average Bonchev–Trinajstić information content (AvgIpc) is 1.64. The van der Waals surface area contributed by atoms with Crippen LogP contribution in [0.3, 0.4) is 0 Å². The van der Waals surface area contributed by atoms with Gasteiger partial charge in [0, 0.05) is 0 Å². The quantitative estimate of drug-likeness (QED) is 0.434. The number of hydrogen-bond donors (Lipinski definition) is 0. The first-order valence-electron chi connectivity index (χ1n) is 1.57. The van der Waals surface area contributed by atoms with E-state index in [1.807, 2.05) is 0 Å². The molecule has 0 saturated carbocycles. The second-order valence-corrected chi connectivity index (χ2v) is 2.02. The SMILES string of the molecule is N#COP(=O)(F)OC#N. The summed E-state index contributed by atoms with van der Waals surface area (Å²) in [5.41, 5.74) is 0. The smallest absolute Gasteiger partial charge is 0.315 e. The molecule has 0 heterocycles. The van der Waals surface area contributed by atoms with E-state index in [1.54, 1.807) is 0 Å². The van der Waals surface area contributed by atoms with Crippen LogP contribution in [0.5, 0.6) is 0 Å². The maximum atomic E-state index is 11.8. The summed E-state index contributed by atoms with van der Waals surface area (Å²) in [5, 5.41) is 15.1. The Hall–Kier alpha value is -1.26. The van der Waals surface area contributed by atoms with Gasteiger partial charge in [-0.3, -0.25) is 0 Å². The molecule has 5 nitrogen and oxygen atoms in total. The van der Waals surface area contributed by atoms with Crippen LogP contribution in [0.1, 0.15) is 0 Å². The molecule has 0 fully saturated rings. The molecular weight excluding hydrogens is 150 g/mol. The zero-order valence-corrected chi connectivity index (χ0v) is 4.84. The van der Waals surface area contributed by atoms with Crippen LogP contribution in [0.4, 0.5) is 4.20 Å². The molecule has 0 saturated heterocycles. The second kappa shape index (κ2) is 2.91. The fourth-order valence-corrected chi connectivity index (χ4v) is 0.348. The molecule has 0 aromatic rings. The maximum absolute atomic E-state index is 11.8. The molecule has 0 aromatic heterocycles. The molecule has 0 aliphatic heterocycles. The fraction of sp³-hybridized carbons (Fsp3) is 0. The molecule has 0 amide bonds. The van der Waals surface area contributed by atoms with Crippen molar-refractivity contribution in [2.45, 2.75) is 0 Å². The standard InChI is InChI=1S/C2FN2O3P/c3-9(6,7-1-4)8-2-5. The molecule has 0 aromatic carbocycles. The molecule has 0 N–H and O–H groups in total. The third kappa shape index (κ3) is 3.33. The minimum absolute atomic E-state index is 0.779. The topological polar surface area (TPSA) is 83.1 Å². The summed E-state index contributed by atoms with van der Waals surface area (Å²) >= 11 is 0. The number of hydrogen-bond acceptors (Lipinski definition) is 5. The largest absolute Gasteiger partial charge is 0.648 e. The summed E-state index contributed by atoms with van der Waals surface area (Å²) in [5.74, 6) is 0. The zero-order valence-electron chi connectivity index (χ0n) is 3.94. The van der Waals surface area contributed by atoms with Crippen molar-refractivity contribution in [2.75, 3.05) is 0 Å². The maximum Gasteiger partial charge on any atom is 0.648 e. The van der Waals surface area contributed by atoms with Crippen LogP contribution in [0, 0.1) is 23.0 Å². The lowest BCUT2D eigenvalue weighted by atomic mass is 11.6. The summed E-state index contributed by atoms with van der Waals surface area (Å²) < 4.78 is 28.1. The van der Waals surface area contributed by atoms with Gasteiger partial charge in [-0.15, -0.1) is 14.7 Å². The zero-order chi connectivity index (χ0) is 7.33. The number of nitrogens with zero attached hydrogens (tertiary/aromatic N) is 2. The third-order valence-electron chi connectivity index (χ3n) is 0.300. The Morgan fingerprint density at radius 3 is 1.89 bits per heavy atom. The molecule has 0 spiro atoms. The summed E-state index contributed by atoms with van der Waals surface area (Å²) in [6.45, 7) is 0. The van der Waals surface area contributed by atoms with Crippen LogP contribution < -0.4 is 0 Å². The van der Waals surface area contributed by atoms with Gasteiger partial charge in [0.05, 0.1) is 0 Å². The molecule has 0 bridgehead atoms. The number of rotatable bonds is 2. The van der Waals surface area contributed by atoms with Crippen molar-refractivity contribution in [3.05, 3.63) is 0 Å². The first-order valence-corrected chi connectivity index (χ1v) is 3.01. The predicted molar refractivity (Wildman–Crippen MR) is 22.1 cm³/mol. The van der Waals surface area contributed by atoms with Crippen molar-refractivity contribution in [2.24, 2.45) is 0 Å². The van der Waals surface area contributed by atoms with Gasteiger partial charge >= 0.3 is 7.91 Å². The van der Waals surface area contributed by atoms with Gasteiger partial charge in [-0.05, 0) is 0 Å². The number of nitriles is 2. The van der Waals surface area contributed by atoms with Crippen LogP contribution in [-0.2, 0) is 13.6 Å². The first kappa shape index (κ1) is 7.74. The Bertz CT molecular complexity index is 195. The highest BCUT2D eigenvalue weighted by atomic mass is 31.2. The minimum Gasteiger partial charge on any atom is -0.315 e. The normalized spacial score (nSPS) is 8.78. The van der Waals surface area contributed by atoms with Gasteiger partial charge in [0.1, 0.15) is 0 Å². The molecule has 0 radical (unpaired) electrons. The average molecular weight is 150 g/mol. The van der Waals surface area contributed by atoms with Crippen molar-refractivity contribution >= 4 is 7.91 Å². The van der Waals surface area contributed by atoms with E-state index in [1.165, 1.54) is 0 Å². The van der Waals surface area contributed by atoms with Crippen LogP contribution in [0.25, 0.3) is 0 Å². The van der Waals surface area contributed by atoms with E-state index in [4.69, 9.17) is 10.5 Å². The molecule has 9 heavy (non-hydrogen) atoms. The van der Waals surface area contributed by atoms with Gasteiger partial charge in [-0.1, -0.05) is 0 Å². The van der Waals surface area contributed by atoms with Crippen molar-refractivity contribution < 1.29 is 17.8 Å². The van der Waals surface area contributed by atoms with Gasteiger partial charge in [-0.2, -0.15) is 0 Å². The highest BCUT2D eigenvalue weighted by Gasteiger charge is 2.26. The lowest BCUT2D eigenvalue weighted by Crippen LogP contribution is -1.77. The van der Waals surface area contributed by atoms with Crippen LogP contribution in [-0.4, -0.2) is 0 Å². The lowest BCUT2D eigenvalue weighted by Gasteiger charge is -1.94. The Morgan fingerprint density at radius 2 is 1.67 bits per heavy atom. The second-order valence-electron chi connectivity index (χ2n) is 0.796. The van der Waals surface area contributed by atoms with Crippen molar-refractivity contribution in [3.63, 3.8) is 0 Å². The molecule has 7 heteroatoms. The summed E-state index contributed by atoms with van der Waals surface area (Å²) in [4.78, 5) is 0. The van der Waals surface area contributed by atoms with E-state index in [2.05, 4.69) is 9.05 Å². The monoisotopic (exact) mass is 150 g/mol. The van der Waals surface area contributed by atoms with E-state index in [0.29, 0.717) is 0 Å². The van der Waals surface area contributed by atoms with Gasteiger partial charge in [0.15, 0.2) is 0 Å². The molecule has 0 aliphatic rings. The molecule has 0 atom stereocenters. The molecule has 48 valence electrons. The highest BCUT2D eigenvalue weighted by Crippen LogP contribution is 2.48. The van der Waals surface area contributed by atoms with Crippen molar-refractivity contribution in [1.29, 1.82) is 10.5 Å². The molecule has 0 aliphatic carbocycles. The van der Waals surface area contributed by atoms with Gasteiger partial charge in [0.25, 0.3) is 12.5 Å². The Balaban J connectivity index is 3.95. The first-order chi connectivity index (χ1) is 4.12. The lowest BCUT2D eigenvalue weighted by molar-refractivity contribution is 0.301. The van der Waals surface area contributed by atoms with Gasteiger partial charge in [-0.25, -0.2) is 4.57 Å². The highest BCUT2D eigenvalue weighted by molar-refractivity contribution is 7.48. The van der Waals surface area contributed by atoms with E-state index in [0.717, 1.165) is 12.5 Å². The summed E-state index contributed by atoms with van der Waals surface area (Å²) in [6, 6.07) is 0. The van der Waals surface area contributed by atoms with Crippen molar-refractivity contribution in [1.82, 2.24) is 0 Å². The van der Waals surface area contributed by atoms with Gasteiger partial charge < -0.3 is 9.05 Å². The van der Waals surface area contributed by atoms with Gasteiger partial charge in [0.2, 0.25) is 0 Å². The van der Waals surface area contributed by atoms with E-state index >= 15 is 0 Å². The van der Waals surface area contributed by atoms with Crippen LogP contribution in [0.2, 0.25) is 0 Å². The summed E-state index contributed by atoms with van der Waals surface area (Å²) in [6.07, 6.45) is 1.56. The summed E-state index contributed by atoms with van der Waals surface area (Å²) in [7, 11) is -4.91. The molecular formula is C2FN2O3P. The Labute approximate surface area is 49.9 Å². The van der Waals surface area contributed by atoms with Crippen molar-refractivity contribution in [3.8, 4) is 12.5 Å². The molecule has 0 rings (SSSR count). The van der Waals surface area contributed by atoms with Crippen LogP contribution in [0.15, 0.2) is 0 Å². The third-order valence-corrected chi connectivity index (χ3v) is 0.899. The fourth-order valence-electron chi connectivity index (χ4n) is 0.116.